The molecule has 36 heavy (non-hydrogen) atoms. The third-order valence-corrected chi connectivity index (χ3v) is 6.43. The highest BCUT2D eigenvalue weighted by Crippen LogP contribution is 2.26. The van der Waals surface area contributed by atoms with Crippen molar-refractivity contribution in [3.8, 4) is 16.9 Å². The largest absolute Gasteiger partial charge is 0.327 e. The molecule has 0 atom stereocenters. The van der Waals surface area contributed by atoms with Crippen LogP contribution in [0.2, 0.25) is 10.0 Å². The summed E-state index contributed by atoms with van der Waals surface area (Å²) in [5, 5.41) is 8.33. The lowest BCUT2D eigenvalue weighted by atomic mass is 10.1. The molecule has 1 heterocycles. The Kier molecular flexibility index (Phi) is 7.77. The number of carbonyl (C=O) groups is 2. The van der Waals surface area contributed by atoms with Gasteiger partial charge >= 0.3 is 0 Å². The molecule has 6 nitrogen and oxygen atoms in total. The van der Waals surface area contributed by atoms with Gasteiger partial charge in [0, 0.05) is 23.2 Å². The molecule has 0 radical (unpaired) electrons. The first-order chi connectivity index (χ1) is 17.2. The van der Waals surface area contributed by atoms with Gasteiger partial charge in [-0.1, -0.05) is 71.2 Å². The average molecular weight is 521 g/mol. The summed E-state index contributed by atoms with van der Waals surface area (Å²) in [6.07, 6.45) is 0. The van der Waals surface area contributed by atoms with Crippen molar-refractivity contribution in [1.29, 1.82) is 0 Å². The van der Waals surface area contributed by atoms with Crippen LogP contribution >= 0.6 is 23.2 Å². The van der Waals surface area contributed by atoms with Gasteiger partial charge < -0.3 is 10.2 Å². The smallest absolute Gasteiger partial charge is 0.254 e. The van der Waals surface area contributed by atoms with Gasteiger partial charge in [-0.15, -0.1) is 0 Å². The maximum Gasteiger partial charge on any atom is 0.254 e. The maximum atomic E-state index is 13.2. The van der Waals surface area contributed by atoms with Crippen LogP contribution in [0.4, 0.5) is 5.82 Å². The van der Waals surface area contributed by atoms with Crippen LogP contribution in [0, 0.1) is 6.92 Å². The van der Waals surface area contributed by atoms with Crippen molar-refractivity contribution in [3.63, 3.8) is 0 Å². The zero-order chi connectivity index (χ0) is 25.8. The number of benzene rings is 3. The molecule has 4 rings (SSSR count). The zero-order valence-electron chi connectivity index (χ0n) is 20.2. The fourth-order valence-electron chi connectivity index (χ4n) is 3.72. The number of halogens is 2. The summed E-state index contributed by atoms with van der Waals surface area (Å²) in [5.41, 5.74) is 3.94. The Balaban J connectivity index is 1.61. The van der Waals surface area contributed by atoms with E-state index in [9.17, 15) is 9.59 Å². The number of amides is 2. The molecule has 0 unspecified atom stereocenters. The van der Waals surface area contributed by atoms with E-state index in [4.69, 9.17) is 28.3 Å². The van der Waals surface area contributed by atoms with E-state index in [1.165, 1.54) is 11.0 Å². The number of hydrogen-bond acceptors (Lipinski definition) is 3. The SMILES string of the molecule is Cc1ccc(-n2nc(-c3ccccc3)cc2NC(=O)CN(C(=O)c2ccc(Cl)c(Cl)c2)C(C)C)cc1. The number of aryl methyl sites for hydroxylation is 1. The normalized spacial score (nSPS) is 10.9. The van der Waals surface area contributed by atoms with Crippen LogP contribution in [0.15, 0.2) is 78.9 Å². The van der Waals surface area contributed by atoms with Crippen molar-refractivity contribution in [3.05, 3.63) is 100 Å². The molecular formula is C28H26Cl2N4O2. The summed E-state index contributed by atoms with van der Waals surface area (Å²) in [7, 11) is 0. The van der Waals surface area contributed by atoms with Gasteiger partial charge in [-0.05, 0) is 51.1 Å². The Morgan fingerprint density at radius 1 is 0.944 bits per heavy atom. The molecule has 0 aliphatic rings. The number of nitrogens with one attached hydrogen (secondary N) is 1. The van der Waals surface area contributed by atoms with Gasteiger partial charge in [0.15, 0.2) is 0 Å². The lowest BCUT2D eigenvalue weighted by Crippen LogP contribution is -2.42. The third kappa shape index (κ3) is 5.78. The average Bonchev–Trinajstić information content (AvgIpc) is 3.28. The maximum absolute atomic E-state index is 13.2. The minimum absolute atomic E-state index is 0.142. The number of aromatic nitrogens is 2. The lowest BCUT2D eigenvalue weighted by Gasteiger charge is -2.26. The highest BCUT2D eigenvalue weighted by molar-refractivity contribution is 6.42. The summed E-state index contributed by atoms with van der Waals surface area (Å²) in [6.45, 7) is 5.58. The van der Waals surface area contributed by atoms with E-state index in [-0.39, 0.29) is 29.4 Å². The van der Waals surface area contributed by atoms with E-state index < -0.39 is 0 Å². The van der Waals surface area contributed by atoms with Gasteiger partial charge in [0.1, 0.15) is 12.4 Å². The van der Waals surface area contributed by atoms with Gasteiger partial charge in [0.25, 0.3) is 5.91 Å². The molecule has 1 aromatic heterocycles. The van der Waals surface area contributed by atoms with Crippen molar-refractivity contribution in [1.82, 2.24) is 14.7 Å². The second kappa shape index (κ2) is 11.0. The van der Waals surface area contributed by atoms with Crippen molar-refractivity contribution >= 4 is 40.8 Å². The van der Waals surface area contributed by atoms with E-state index >= 15 is 0 Å². The highest BCUT2D eigenvalue weighted by Gasteiger charge is 2.23. The number of carbonyl (C=O) groups excluding carboxylic acids is 2. The molecule has 0 saturated carbocycles. The number of nitrogens with zero attached hydrogens (tertiary/aromatic N) is 3. The van der Waals surface area contributed by atoms with Crippen LogP contribution < -0.4 is 5.32 Å². The van der Waals surface area contributed by atoms with E-state index in [0.717, 1.165) is 22.5 Å². The molecule has 184 valence electrons. The molecule has 0 saturated heterocycles. The van der Waals surface area contributed by atoms with Gasteiger partial charge in [0.05, 0.1) is 21.4 Å². The van der Waals surface area contributed by atoms with Gasteiger partial charge in [-0.3, -0.25) is 9.59 Å². The Bertz CT molecular complexity index is 1380. The van der Waals surface area contributed by atoms with Gasteiger partial charge in [0.2, 0.25) is 5.91 Å². The van der Waals surface area contributed by atoms with Gasteiger partial charge in [-0.25, -0.2) is 4.68 Å². The minimum Gasteiger partial charge on any atom is -0.327 e. The monoisotopic (exact) mass is 520 g/mol. The van der Waals surface area contributed by atoms with Crippen LogP contribution in [0.5, 0.6) is 0 Å². The molecule has 0 aliphatic carbocycles. The molecule has 4 aromatic rings. The van der Waals surface area contributed by atoms with Crippen LogP contribution in [0.1, 0.15) is 29.8 Å². The fourth-order valence-corrected chi connectivity index (χ4v) is 4.02. The zero-order valence-corrected chi connectivity index (χ0v) is 21.7. The Hall–Kier alpha value is -3.61. The van der Waals surface area contributed by atoms with Crippen LogP contribution in [-0.4, -0.2) is 39.1 Å². The predicted octanol–water partition coefficient (Wildman–Crippen LogP) is 6.64. The number of rotatable bonds is 7. The number of anilines is 1. The first-order valence-corrected chi connectivity index (χ1v) is 12.3. The summed E-state index contributed by atoms with van der Waals surface area (Å²) in [4.78, 5) is 27.8. The standard InChI is InChI=1S/C28H26Cl2N4O2/c1-18(2)33(28(36)21-11-14-23(29)24(30)15-21)17-27(35)31-26-16-25(20-7-5-4-6-8-20)32-34(26)22-12-9-19(3)10-13-22/h4-16,18H,17H2,1-3H3,(H,31,35). The van der Waals surface area contributed by atoms with E-state index in [1.807, 2.05) is 81.4 Å². The fraction of sp³-hybridized carbons (Fsp3) is 0.179. The molecule has 8 heteroatoms. The van der Waals surface area contributed by atoms with E-state index in [2.05, 4.69) is 5.32 Å². The van der Waals surface area contributed by atoms with Crippen molar-refractivity contribution < 1.29 is 9.59 Å². The Morgan fingerprint density at radius 3 is 2.28 bits per heavy atom. The molecule has 2 amide bonds. The van der Waals surface area contributed by atoms with Gasteiger partial charge in [-0.2, -0.15) is 5.10 Å². The summed E-state index contributed by atoms with van der Waals surface area (Å²) in [5.74, 6) is -0.144. The van der Waals surface area contributed by atoms with Crippen LogP contribution in [0.25, 0.3) is 16.9 Å². The van der Waals surface area contributed by atoms with Crippen LogP contribution in [0.3, 0.4) is 0 Å². The second-order valence-electron chi connectivity index (χ2n) is 8.73. The first-order valence-electron chi connectivity index (χ1n) is 11.5. The molecule has 0 bridgehead atoms. The summed E-state index contributed by atoms with van der Waals surface area (Å²) in [6, 6.07) is 23.9. The predicted molar refractivity (Wildman–Crippen MR) is 145 cm³/mol. The van der Waals surface area contributed by atoms with Crippen molar-refractivity contribution in [2.75, 3.05) is 11.9 Å². The second-order valence-corrected chi connectivity index (χ2v) is 9.55. The van der Waals surface area contributed by atoms with E-state index in [0.29, 0.717) is 16.4 Å². The molecule has 0 spiro atoms. The Labute approximate surface area is 220 Å². The molecular weight excluding hydrogens is 495 g/mol. The van der Waals surface area contributed by atoms with E-state index in [1.54, 1.807) is 16.8 Å². The third-order valence-electron chi connectivity index (χ3n) is 5.69. The van der Waals surface area contributed by atoms with Crippen molar-refractivity contribution in [2.45, 2.75) is 26.8 Å². The quantitative estimate of drug-likeness (QED) is 0.296. The molecule has 1 N–H and O–H groups in total. The molecule has 3 aromatic carbocycles. The first kappa shape index (κ1) is 25.5. The highest BCUT2D eigenvalue weighted by atomic mass is 35.5. The number of hydrogen-bond donors (Lipinski definition) is 1. The molecule has 0 fully saturated rings. The summed E-state index contributed by atoms with van der Waals surface area (Å²) >= 11 is 12.1. The summed E-state index contributed by atoms with van der Waals surface area (Å²) < 4.78 is 1.69. The lowest BCUT2D eigenvalue weighted by molar-refractivity contribution is -0.117. The van der Waals surface area contributed by atoms with Crippen molar-refractivity contribution in [2.24, 2.45) is 0 Å². The van der Waals surface area contributed by atoms with Crippen LogP contribution in [-0.2, 0) is 4.79 Å². The minimum atomic E-state index is -0.343. The Morgan fingerprint density at radius 2 is 1.64 bits per heavy atom. The molecule has 0 aliphatic heterocycles. The topological polar surface area (TPSA) is 67.2 Å².